The SMILES string of the molecule is O=C(CNC1CCCCCC1)NCc1ccc(F)cc1. The number of amides is 1. The van der Waals surface area contributed by atoms with Crippen molar-refractivity contribution < 1.29 is 9.18 Å². The Bertz CT molecular complexity index is 411. The Morgan fingerprint density at radius 2 is 1.75 bits per heavy atom. The van der Waals surface area contributed by atoms with Crippen LogP contribution in [0.4, 0.5) is 4.39 Å². The summed E-state index contributed by atoms with van der Waals surface area (Å²) in [5, 5.41) is 6.18. The van der Waals surface area contributed by atoms with Gasteiger partial charge in [0.1, 0.15) is 5.82 Å². The van der Waals surface area contributed by atoms with Crippen LogP contribution in [0.5, 0.6) is 0 Å². The molecule has 0 aromatic heterocycles. The van der Waals surface area contributed by atoms with Crippen LogP contribution in [0.25, 0.3) is 0 Å². The molecule has 3 nitrogen and oxygen atoms in total. The minimum atomic E-state index is -0.255. The molecule has 0 bridgehead atoms. The van der Waals surface area contributed by atoms with Gasteiger partial charge in [0, 0.05) is 12.6 Å². The third-order valence-corrected chi connectivity index (χ3v) is 3.81. The van der Waals surface area contributed by atoms with Crippen LogP contribution in [0.15, 0.2) is 24.3 Å². The largest absolute Gasteiger partial charge is 0.351 e. The van der Waals surface area contributed by atoms with E-state index in [0.29, 0.717) is 19.1 Å². The molecule has 1 fully saturated rings. The van der Waals surface area contributed by atoms with Gasteiger partial charge in [0.2, 0.25) is 5.91 Å². The molecule has 1 aliphatic carbocycles. The van der Waals surface area contributed by atoms with Crippen LogP contribution in [0.2, 0.25) is 0 Å². The highest BCUT2D eigenvalue weighted by atomic mass is 19.1. The van der Waals surface area contributed by atoms with E-state index < -0.39 is 0 Å². The van der Waals surface area contributed by atoms with Crippen molar-refractivity contribution in [3.63, 3.8) is 0 Å². The fourth-order valence-corrected chi connectivity index (χ4v) is 2.59. The molecule has 0 aliphatic heterocycles. The van der Waals surface area contributed by atoms with E-state index in [4.69, 9.17) is 0 Å². The normalized spacial score (nSPS) is 16.6. The standard InChI is InChI=1S/C16H23FN2O/c17-14-9-7-13(8-10-14)11-19-16(20)12-18-15-5-3-1-2-4-6-15/h7-10,15,18H,1-6,11-12H2,(H,19,20). The maximum Gasteiger partial charge on any atom is 0.234 e. The lowest BCUT2D eigenvalue weighted by atomic mass is 10.1. The summed E-state index contributed by atoms with van der Waals surface area (Å²) in [7, 11) is 0. The number of rotatable bonds is 5. The van der Waals surface area contributed by atoms with Crippen LogP contribution in [0, 0.1) is 5.82 Å². The Morgan fingerprint density at radius 3 is 2.40 bits per heavy atom. The van der Waals surface area contributed by atoms with Crippen LogP contribution in [0.1, 0.15) is 44.1 Å². The smallest absolute Gasteiger partial charge is 0.234 e. The average Bonchev–Trinajstić information content (AvgIpc) is 2.73. The quantitative estimate of drug-likeness (QED) is 0.813. The first-order valence-electron chi connectivity index (χ1n) is 7.48. The van der Waals surface area contributed by atoms with Crippen molar-refractivity contribution in [3.8, 4) is 0 Å². The molecule has 0 atom stereocenters. The maximum absolute atomic E-state index is 12.7. The molecule has 0 spiro atoms. The summed E-state index contributed by atoms with van der Waals surface area (Å²) in [6, 6.07) is 6.67. The third kappa shape index (κ3) is 5.29. The van der Waals surface area contributed by atoms with Crippen LogP contribution >= 0.6 is 0 Å². The lowest BCUT2D eigenvalue weighted by molar-refractivity contribution is -0.120. The second kappa shape index (κ2) is 8.00. The molecule has 1 aromatic carbocycles. The van der Waals surface area contributed by atoms with Gasteiger partial charge in [-0.25, -0.2) is 4.39 Å². The Balaban J connectivity index is 1.66. The summed E-state index contributed by atoms with van der Waals surface area (Å²) in [6.07, 6.45) is 7.49. The number of halogens is 1. The first-order valence-corrected chi connectivity index (χ1v) is 7.48. The van der Waals surface area contributed by atoms with Crippen molar-refractivity contribution in [2.24, 2.45) is 0 Å². The van der Waals surface area contributed by atoms with Crippen molar-refractivity contribution in [1.82, 2.24) is 10.6 Å². The van der Waals surface area contributed by atoms with Gasteiger partial charge in [-0.3, -0.25) is 4.79 Å². The summed E-state index contributed by atoms with van der Waals surface area (Å²) in [5.74, 6) is -0.256. The van der Waals surface area contributed by atoms with Crippen molar-refractivity contribution in [3.05, 3.63) is 35.6 Å². The fourth-order valence-electron chi connectivity index (χ4n) is 2.59. The highest BCUT2D eigenvalue weighted by molar-refractivity contribution is 5.78. The van der Waals surface area contributed by atoms with E-state index >= 15 is 0 Å². The Kier molecular flexibility index (Phi) is 5.99. The van der Waals surface area contributed by atoms with E-state index in [9.17, 15) is 9.18 Å². The molecule has 1 saturated carbocycles. The molecule has 2 N–H and O–H groups in total. The zero-order valence-electron chi connectivity index (χ0n) is 11.8. The molecule has 1 aliphatic rings. The lowest BCUT2D eigenvalue weighted by Crippen LogP contribution is -2.38. The highest BCUT2D eigenvalue weighted by Gasteiger charge is 2.12. The van der Waals surface area contributed by atoms with Crippen LogP contribution in [0.3, 0.4) is 0 Å². The van der Waals surface area contributed by atoms with E-state index in [2.05, 4.69) is 10.6 Å². The van der Waals surface area contributed by atoms with Gasteiger partial charge in [-0.1, -0.05) is 37.8 Å². The minimum Gasteiger partial charge on any atom is -0.351 e. The van der Waals surface area contributed by atoms with Crippen LogP contribution in [-0.2, 0) is 11.3 Å². The maximum atomic E-state index is 12.7. The zero-order chi connectivity index (χ0) is 14.2. The van der Waals surface area contributed by atoms with Crippen molar-refractivity contribution in [2.75, 3.05) is 6.54 Å². The summed E-state index contributed by atoms with van der Waals surface area (Å²) in [5.41, 5.74) is 0.911. The van der Waals surface area contributed by atoms with E-state index in [1.54, 1.807) is 12.1 Å². The molecule has 110 valence electrons. The van der Waals surface area contributed by atoms with Crippen molar-refractivity contribution in [2.45, 2.75) is 51.1 Å². The monoisotopic (exact) mass is 278 g/mol. The summed E-state index contributed by atoms with van der Waals surface area (Å²) < 4.78 is 12.7. The second-order valence-corrected chi connectivity index (χ2v) is 5.47. The fraction of sp³-hybridized carbons (Fsp3) is 0.562. The van der Waals surface area contributed by atoms with Gasteiger partial charge < -0.3 is 10.6 Å². The number of nitrogens with one attached hydrogen (secondary N) is 2. The second-order valence-electron chi connectivity index (χ2n) is 5.47. The molecule has 0 radical (unpaired) electrons. The zero-order valence-corrected chi connectivity index (χ0v) is 11.8. The topological polar surface area (TPSA) is 41.1 Å². The average molecular weight is 278 g/mol. The first kappa shape index (κ1) is 15.0. The Labute approximate surface area is 120 Å². The molecular weight excluding hydrogens is 255 g/mol. The van der Waals surface area contributed by atoms with Crippen molar-refractivity contribution in [1.29, 1.82) is 0 Å². The van der Waals surface area contributed by atoms with E-state index in [1.165, 1.54) is 50.7 Å². The number of benzene rings is 1. The van der Waals surface area contributed by atoms with E-state index in [0.717, 1.165) is 5.56 Å². The third-order valence-electron chi connectivity index (χ3n) is 3.81. The van der Waals surface area contributed by atoms with Gasteiger partial charge in [-0.2, -0.15) is 0 Å². The number of hydrogen-bond acceptors (Lipinski definition) is 2. The van der Waals surface area contributed by atoms with Gasteiger partial charge in [-0.15, -0.1) is 0 Å². The Hall–Kier alpha value is -1.42. The molecule has 0 saturated heterocycles. The lowest BCUT2D eigenvalue weighted by Gasteiger charge is -2.15. The molecule has 0 heterocycles. The van der Waals surface area contributed by atoms with E-state index in [1.807, 2.05) is 0 Å². The summed E-state index contributed by atoms with van der Waals surface area (Å²) >= 11 is 0. The van der Waals surface area contributed by atoms with Gasteiger partial charge in [-0.05, 0) is 30.5 Å². The molecule has 2 rings (SSSR count). The summed E-state index contributed by atoms with van der Waals surface area (Å²) in [4.78, 5) is 11.8. The first-order chi connectivity index (χ1) is 9.74. The predicted octanol–water partition coefficient (Wildman–Crippen LogP) is 2.75. The number of hydrogen-bond donors (Lipinski definition) is 2. The number of carbonyl (C=O) groups excluding carboxylic acids is 1. The Morgan fingerprint density at radius 1 is 1.10 bits per heavy atom. The molecule has 20 heavy (non-hydrogen) atoms. The van der Waals surface area contributed by atoms with E-state index in [-0.39, 0.29) is 11.7 Å². The van der Waals surface area contributed by atoms with Gasteiger partial charge in [0.25, 0.3) is 0 Å². The number of carbonyl (C=O) groups is 1. The molecule has 1 amide bonds. The predicted molar refractivity (Wildman–Crippen MR) is 77.7 cm³/mol. The molecule has 0 unspecified atom stereocenters. The molecule has 1 aromatic rings. The van der Waals surface area contributed by atoms with Crippen molar-refractivity contribution >= 4 is 5.91 Å². The van der Waals surface area contributed by atoms with Gasteiger partial charge in [0.15, 0.2) is 0 Å². The van der Waals surface area contributed by atoms with Gasteiger partial charge in [0.05, 0.1) is 6.54 Å². The van der Waals surface area contributed by atoms with Crippen LogP contribution in [-0.4, -0.2) is 18.5 Å². The molecule has 4 heteroatoms. The van der Waals surface area contributed by atoms with Crippen LogP contribution < -0.4 is 10.6 Å². The minimum absolute atomic E-state index is 0.00132. The highest BCUT2D eigenvalue weighted by Crippen LogP contribution is 2.16. The molecular formula is C16H23FN2O. The summed E-state index contributed by atoms with van der Waals surface area (Å²) in [6.45, 7) is 0.817. The van der Waals surface area contributed by atoms with Gasteiger partial charge >= 0.3 is 0 Å².